The fourth-order valence-electron chi connectivity index (χ4n) is 3.69. The SMILES string of the molecule is CCCCOc1ccc(C2NC(=O)c3oc4ccc(C)cc4c(=O)c32)cc1OCC. The Morgan fingerprint density at radius 1 is 1.03 bits per heavy atom. The third kappa shape index (κ3) is 3.54. The molecule has 30 heavy (non-hydrogen) atoms. The lowest BCUT2D eigenvalue weighted by atomic mass is 9.98. The van der Waals surface area contributed by atoms with Crippen LogP contribution in [0, 0.1) is 6.92 Å². The number of hydrogen-bond donors (Lipinski definition) is 1. The van der Waals surface area contributed by atoms with Gasteiger partial charge in [-0.25, -0.2) is 0 Å². The van der Waals surface area contributed by atoms with Crippen molar-refractivity contribution in [2.75, 3.05) is 13.2 Å². The van der Waals surface area contributed by atoms with Gasteiger partial charge in [0.25, 0.3) is 5.91 Å². The van der Waals surface area contributed by atoms with E-state index in [4.69, 9.17) is 13.9 Å². The molecule has 0 bridgehead atoms. The molecule has 1 unspecified atom stereocenters. The Labute approximate surface area is 174 Å². The summed E-state index contributed by atoms with van der Waals surface area (Å²) in [7, 11) is 0. The van der Waals surface area contributed by atoms with Gasteiger partial charge in [-0.05, 0) is 50.1 Å². The van der Waals surface area contributed by atoms with Crippen LogP contribution in [0.1, 0.15) is 60.0 Å². The number of rotatable bonds is 7. The molecule has 0 saturated heterocycles. The quantitative estimate of drug-likeness (QED) is 0.583. The zero-order chi connectivity index (χ0) is 21.3. The Hall–Kier alpha value is -3.28. The maximum absolute atomic E-state index is 13.2. The Morgan fingerprint density at radius 3 is 2.63 bits per heavy atom. The first-order valence-electron chi connectivity index (χ1n) is 10.3. The molecule has 1 aromatic heterocycles. The lowest BCUT2D eigenvalue weighted by Gasteiger charge is -2.16. The van der Waals surface area contributed by atoms with Gasteiger partial charge in [0.2, 0.25) is 5.76 Å². The van der Waals surface area contributed by atoms with Crippen LogP contribution in [0.15, 0.2) is 45.6 Å². The predicted octanol–water partition coefficient (Wildman–Crippen LogP) is 4.51. The monoisotopic (exact) mass is 407 g/mol. The highest BCUT2D eigenvalue weighted by Crippen LogP contribution is 2.36. The molecule has 1 amide bonds. The van der Waals surface area contributed by atoms with Crippen molar-refractivity contribution in [3.8, 4) is 11.5 Å². The lowest BCUT2D eigenvalue weighted by molar-refractivity contribution is 0.0938. The molecule has 2 aromatic carbocycles. The maximum Gasteiger partial charge on any atom is 0.288 e. The number of carbonyl (C=O) groups excluding carboxylic acids is 1. The number of unbranched alkanes of at least 4 members (excludes halogenated alkanes) is 1. The highest BCUT2D eigenvalue weighted by Gasteiger charge is 2.36. The van der Waals surface area contributed by atoms with Crippen LogP contribution in [0.3, 0.4) is 0 Å². The topological polar surface area (TPSA) is 77.8 Å². The fraction of sp³-hybridized carbons (Fsp3) is 0.333. The molecule has 0 saturated carbocycles. The summed E-state index contributed by atoms with van der Waals surface area (Å²) in [5.74, 6) is 0.924. The summed E-state index contributed by atoms with van der Waals surface area (Å²) in [5, 5.41) is 3.35. The van der Waals surface area contributed by atoms with Crippen LogP contribution in [-0.4, -0.2) is 19.1 Å². The average Bonchev–Trinajstić information content (AvgIpc) is 3.07. The van der Waals surface area contributed by atoms with Crippen molar-refractivity contribution in [3.05, 3.63) is 69.1 Å². The number of fused-ring (bicyclic) bond motifs is 2. The van der Waals surface area contributed by atoms with Gasteiger partial charge in [0.1, 0.15) is 5.58 Å². The average molecular weight is 407 g/mol. The van der Waals surface area contributed by atoms with Gasteiger partial charge in [-0.15, -0.1) is 0 Å². The molecular weight excluding hydrogens is 382 g/mol. The van der Waals surface area contributed by atoms with Crippen LogP contribution >= 0.6 is 0 Å². The van der Waals surface area contributed by atoms with Gasteiger partial charge >= 0.3 is 0 Å². The van der Waals surface area contributed by atoms with Gasteiger partial charge < -0.3 is 19.2 Å². The maximum atomic E-state index is 13.2. The second kappa shape index (κ2) is 8.22. The van der Waals surface area contributed by atoms with Crippen molar-refractivity contribution >= 4 is 16.9 Å². The zero-order valence-corrected chi connectivity index (χ0v) is 17.4. The van der Waals surface area contributed by atoms with Gasteiger partial charge in [-0.1, -0.05) is 31.0 Å². The van der Waals surface area contributed by atoms with E-state index in [0.717, 1.165) is 24.0 Å². The number of hydrogen-bond acceptors (Lipinski definition) is 5. The normalized spacial score (nSPS) is 15.2. The van der Waals surface area contributed by atoms with Crippen LogP contribution in [0.2, 0.25) is 0 Å². The molecule has 0 spiro atoms. The Balaban J connectivity index is 1.78. The third-order valence-corrected chi connectivity index (χ3v) is 5.21. The molecule has 4 rings (SSSR count). The number of ether oxygens (including phenoxy) is 2. The minimum atomic E-state index is -0.599. The summed E-state index contributed by atoms with van der Waals surface area (Å²) < 4.78 is 17.4. The van der Waals surface area contributed by atoms with Gasteiger partial charge in [0, 0.05) is 0 Å². The van der Waals surface area contributed by atoms with E-state index in [2.05, 4.69) is 12.2 Å². The smallest absolute Gasteiger partial charge is 0.288 e. The van der Waals surface area contributed by atoms with E-state index in [1.54, 1.807) is 12.1 Å². The van der Waals surface area contributed by atoms with Crippen LogP contribution in [0.5, 0.6) is 11.5 Å². The molecule has 1 aliphatic rings. The summed E-state index contributed by atoms with van der Waals surface area (Å²) in [6, 6.07) is 10.3. The first-order chi connectivity index (χ1) is 14.5. The standard InChI is InChI=1S/C24H25NO5/c1-4-6-11-29-18-10-8-15(13-19(18)28-5-2)21-20-22(26)16-12-14(3)7-9-17(16)30-23(20)24(27)25-21/h7-10,12-13,21H,4-6,11H2,1-3H3,(H,25,27). The third-order valence-electron chi connectivity index (χ3n) is 5.21. The number of aryl methyl sites for hydroxylation is 1. The van der Waals surface area contributed by atoms with Crippen molar-refractivity contribution in [1.29, 1.82) is 0 Å². The van der Waals surface area contributed by atoms with Crippen molar-refractivity contribution in [1.82, 2.24) is 5.32 Å². The van der Waals surface area contributed by atoms with E-state index >= 15 is 0 Å². The van der Waals surface area contributed by atoms with Crippen LogP contribution in [-0.2, 0) is 0 Å². The predicted molar refractivity (Wildman–Crippen MR) is 115 cm³/mol. The lowest BCUT2D eigenvalue weighted by Crippen LogP contribution is -2.22. The summed E-state index contributed by atoms with van der Waals surface area (Å²) in [4.78, 5) is 25.8. The number of benzene rings is 2. The molecule has 1 N–H and O–H groups in total. The van der Waals surface area contributed by atoms with Crippen molar-refractivity contribution in [2.45, 2.75) is 39.7 Å². The van der Waals surface area contributed by atoms with Crippen molar-refractivity contribution < 1.29 is 18.7 Å². The molecule has 0 radical (unpaired) electrons. The summed E-state index contributed by atoms with van der Waals surface area (Å²) in [6.45, 7) is 7.00. The van der Waals surface area contributed by atoms with Crippen LogP contribution < -0.4 is 20.2 Å². The van der Waals surface area contributed by atoms with Gasteiger partial charge in [-0.2, -0.15) is 0 Å². The van der Waals surface area contributed by atoms with Gasteiger partial charge in [-0.3, -0.25) is 9.59 Å². The fourth-order valence-corrected chi connectivity index (χ4v) is 3.69. The van der Waals surface area contributed by atoms with E-state index < -0.39 is 11.9 Å². The highest BCUT2D eigenvalue weighted by molar-refractivity contribution is 5.99. The molecule has 2 heterocycles. The van der Waals surface area contributed by atoms with Crippen LogP contribution in [0.4, 0.5) is 0 Å². The van der Waals surface area contributed by atoms with Gasteiger partial charge in [0.15, 0.2) is 16.9 Å². The second-order valence-electron chi connectivity index (χ2n) is 7.42. The summed E-state index contributed by atoms with van der Waals surface area (Å²) >= 11 is 0. The molecule has 1 aliphatic heterocycles. The Morgan fingerprint density at radius 2 is 1.87 bits per heavy atom. The number of amides is 1. The molecular formula is C24H25NO5. The van der Waals surface area contributed by atoms with Crippen LogP contribution in [0.25, 0.3) is 11.0 Å². The molecule has 6 heteroatoms. The summed E-state index contributed by atoms with van der Waals surface area (Å²) in [5.41, 5.74) is 2.25. The van der Waals surface area contributed by atoms with Gasteiger partial charge in [0.05, 0.1) is 30.2 Å². The summed E-state index contributed by atoms with van der Waals surface area (Å²) in [6.07, 6.45) is 1.99. The van der Waals surface area contributed by atoms with E-state index in [9.17, 15) is 9.59 Å². The number of carbonyl (C=O) groups is 1. The minimum absolute atomic E-state index is 0.0718. The van der Waals surface area contributed by atoms with E-state index in [-0.39, 0.29) is 11.2 Å². The second-order valence-corrected chi connectivity index (χ2v) is 7.42. The molecule has 0 fully saturated rings. The minimum Gasteiger partial charge on any atom is -0.490 e. The molecule has 3 aromatic rings. The number of nitrogens with one attached hydrogen (secondary N) is 1. The van der Waals surface area contributed by atoms with Crippen molar-refractivity contribution in [2.24, 2.45) is 0 Å². The first-order valence-corrected chi connectivity index (χ1v) is 10.3. The van der Waals surface area contributed by atoms with E-state index in [1.165, 1.54) is 0 Å². The Kier molecular flexibility index (Phi) is 5.48. The largest absolute Gasteiger partial charge is 0.490 e. The zero-order valence-electron chi connectivity index (χ0n) is 17.4. The molecule has 0 aliphatic carbocycles. The van der Waals surface area contributed by atoms with E-state index in [0.29, 0.717) is 41.2 Å². The first kappa shape index (κ1) is 20.0. The van der Waals surface area contributed by atoms with Crippen molar-refractivity contribution in [3.63, 3.8) is 0 Å². The Bertz CT molecular complexity index is 1160. The van der Waals surface area contributed by atoms with E-state index in [1.807, 2.05) is 38.1 Å². The molecule has 6 nitrogen and oxygen atoms in total. The molecule has 1 atom stereocenters. The molecule has 156 valence electrons. The highest BCUT2D eigenvalue weighted by atomic mass is 16.5.